The van der Waals surface area contributed by atoms with Crippen LogP contribution in [0.15, 0.2) is 47.1 Å². The quantitative estimate of drug-likeness (QED) is 0.509. The molecule has 1 heterocycles. The first-order valence-corrected chi connectivity index (χ1v) is 10.7. The van der Waals surface area contributed by atoms with Gasteiger partial charge in [-0.2, -0.15) is 0 Å². The number of nitrogens with one attached hydrogen (secondary N) is 2. The van der Waals surface area contributed by atoms with Crippen molar-refractivity contribution in [1.82, 2.24) is 15.3 Å². The van der Waals surface area contributed by atoms with Crippen LogP contribution in [0.3, 0.4) is 0 Å². The number of aryl methyl sites for hydroxylation is 1. The van der Waals surface area contributed by atoms with Gasteiger partial charge in [0.1, 0.15) is 0 Å². The molecule has 144 valence electrons. The van der Waals surface area contributed by atoms with Crippen molar-refractivity contribution < 1.29 is 4.79 Å². The van der Waals surface area contributed by atoms with Gasteiger partial charge >= 0.3 is 0 Å². The van der Waals surface area contributed by atoms with Crippen molar-refractivity contribution in [1.29, 1.82) is 0 Å². The lowest BCUT2D eigenvalue weighted by molar-refractivity contribution is -0.120. The van der Waals surface area contributed by atoms with E-state index in [1.165, 1.54) is 48.6 Å². The van der Waals surface area contributed by atoms with Crippen molar-refractivity contribution >= 4 is 17.7 Å². The van der Waals surface area contributed by atoms with E-state index in [4.69, 9.17) is 4.98 Å². The van der Waals surface area contributed by atoms with E-state index >= 15 is 0 Å². The number of aromatic amines is 1. The molecule has 1 atom stereocenters. The van der Waals surface area contributed by atoms with E-state index < -0.39 is 0 Å². The highest BCUT2D eigenvalue weighted by atomic mass is 32.2. The summed E-state index contributed by atoms with van der Waals surface area (Å²) in [6, 6.07) is 10.3. The minimum absolute atomic E-state index is 0.0788. The van der Waals surface area contributed by atoms with Gasteiger partial charge in [0.25, 0.3) is 0 Å². The molecular weight excluding hydrogens is 354 g/mol. The highest BCUT2D eigenvalue weighted by Crippen LogP contribution is 2.23. The molecular formula is C22H29N3OS. The molecule has 3 rings (SSSR count). The maximum absolute atomic E-state index is 12.4. The maximum Gasteiger partial charge on any atom is 0.233 e. The van der Waals surface area contributed by atoms with Crippen LogP contribution in [0.1, 0.15) is 56.0 Å². The van der Waals surface area contributed by atoms with Crippen LogP contribution in [-0.4, -0.2) is 27.7 Å². The summed E-state index contributed by atoms with van der Waals surface area (Å²) < 4.78 is 0. The van der Waals surface area contributed by atoms with Crippen molar-refractivity contribution in [2.45, 2.75) is 62.8 Å². The van der Waals surface area contributed by atoms with Crippen LogP contribution >= 0.6 is 11.8 Å². The first-order valence-electron chi connectivity index (χ1n) is 9.83. The van der Waals surface area contributed by atoms with Crippen LogP contribution in [0.2, 0.25) is 0 Å². The molecule has 1 aliphatic rings. The minimum Gasteiger partial charge on any atom is -0.355 e. The van der Waals surface area contributed by atoms with Crippen LogP contribution in [-0.2, 0) is 11.2 Å². The number of imidazole rings is 1. The highest BCUT2D eigenvalue weighted by molar-refractivity contribution is 8.00. The van der Waals surface area contributed by atoms with Gasteiger partial charge in [-0.3, -0.25) is 4.79 Å². The Morgan fingerprint density at radius 2 is 2.11 bits per heavy atom. The summed E-state index contributed by atoms with van der Waals surface area (Å²) in [7, 11) is 0. The third kappa shape index (κ3) is 5.99. The van der Waals surface area contributed by atoms with Crippen LogP contribution in [0.25, 0.3) is 0 Å². The molecule has 27 heavy (non-hydrogen) atoms. The van der Waals surface area contributed by atoms with Gasteiger partial charge in [-0.25, -0.2) is 4.98 Å². The first kappa shape index (κ1) is 19.7. The topological polar surface area (TPSA) is 57.8 Å². The van der Waals surface area contributed by atoms with Crippen molar-refractivity contribution in [2.75, 3.05) is 6.54 Å². The molecule has 0 fully saturated rings. The Kier molecular flexibility index (Phi) is 7.16. The molecule has 1 amide bonds. The van der Waals surface area contributed by atoms with Crippen LogP contribution in [0.5, 0.6) is 0 Å². The summed E-state index contributed by atoms with van der Waals surface area (Å²) in [5.41, 5.74) is 4.85. The van der Waals surface area contributed by atoms with E-state index in [0.717, 1.165) is 35.9 Å². The normalized spacial score (nSPS) is 15.3. The summed E-state index contributed by atoms with van der Waals surface area (Å²) in [6.45, 7) is 4.71. The van der Waals surface area contributed by atoms with E-state index in [1.54, 1.807) is 0 Å². The predicted molar refractivity (Wildman–Crippen MR) is 112 cm³/mol. The fourth-order valence-corrected chi connectivity index (χ4v) is 4.23. The summed E-state index contributed by atoms with van der Waals surface area (Å²) in [5, 5.41) is 3.72. The Balaban J connectivity index is 1.48. The van der Waals surface area contributed by atoms with Gasteiger partial charge in [-0.15, -0.1) is 0 Å². The van der Waals surface area contributed by atoms with Gasteiger partial charge in [-0.05, 0) is 51.5 Å². The van der Waals surface area contributed by atoms with Crippen LogP contribution in [0, 0.1) is 6.92 Å². The Morgan fingerprint density at radius 1 is 1.30 bits per heavy atom. The molecule has 5 heteroatoms. The SMILES string of the molecule is Cc1[nH]c(SC(C)C(=O)NCCC2=CCCCC2)nc1Cc1ccccc1. The van der Waals surface area contributed by atoms with Gasteiger partial charge in [0.05, 0.1) is 10.9 Å². The zero-order valence-electron chi connectivity index (χ0n) is 16.3. The number of carbonyl (C=O) groups excluding carboxylic acids is 1. The number of hydrogen-bond acceptors (Lipinski definition) is 3. The van der Waals surface area contributed by atoms with E-state index in [2.05, 4.69) is 28.5 Å². The summed E-state index contributed by atoms with van der Waals surface area (Å²) >= 11 is 1.49. The van der Waals surface area contributed by atoms with Crippen molar-refractivity contribution in [3.8, 4) is 0 Å². The molecule has 2 aromatic rings. The van der Waals surface area contributed by atoms with Crippen molar-refractivity contribution in [3.63, 3.8) is 0 Å². The Hall–Kier alpha value is -2.01. The minimum atomic E-state index is -0.166. The molecule has 4 nitrogen and oxygen atoms in total. The van der Waals surface area contributed by atoms with Crippen LogP contribution < -0.4 is 5.32 Å². The molecule has 1 aliphatic carbocycles. The molecule has 2 N–H and O–H groups in total. The number of thioether (sulfide) groups is 1. The molecule has 0 aliphatic heterocycles. The highest BCUT2D eigenvalue weighted by Gasteiger charge is 2.17. The molecule has 0 saturated heterocycles. The van der Waals surface area contributed by atoms with E-state index in [1.807, 2.05) is 32.0 Å². The second-order valence-corrected chi connectivity index (χ2v) is 8.51. The standard InChI is InChI=1S/C22H29N3OS/c1-16-20(15-19-11-7-4-8-12-19)25-22(24-16)27-17(2)21(26)23-14-13-18-9-5-3-6-10-18/h4,7-9,11-12,17H,3,5-6,10,13-15H2,1-2H3,(H,23,26)(H,24,25). The second-order valence-electron chi connectivity index (χ2n) is 7.19. The number of benzene rings is 1. The zero-order valence-corrected chi connectivity index (χ0v) is 17.1. The fraction of sp³-hybridized carbons (Fsp3) is 0.455. The summed E-state index contributed by atoms with van der Waals surface area (Å²) in [4.78, 5) is 20.4. The first-order chi connectivity index (χ1) is 13.1. The smallest absolute Gasteiger partial charge is 0.233 e. The number of hydrogen-bond donors (Lipinski definition) is 2. The number of nitrogens with zero attached hydrogens (tertiary/aromatic N) is 1. The molecule has 1 aromatic heterocycles. The second kappa shape index (κ2) is 9.79. The van der Waals surface area contributed by atoms with E-state index in [0.29, 0.717) is 0 Å². The lowest BCUT2D eigenvalue weighted by Crippen LogP contribution is -2.32. The third-order valence-electron chi connectivity index (χ3n) is 4.97. The van der Waals surface area contributed by atoms with Crippen LogP contribution in [0.4, 0.5) is 0 Å². The fourth-order valence-electron chi connectivity index (χ4n) is 3.33. The molecule has 1 aromatic carbocycles. The van der Waals surface area contributed by atoms with Gasteiger partial charge in [0.15, 0.2) is 5.16 Å². The van der Waals surface area contributed by atoms with Gasteiger partial charge < -0.3 is 10.3 Å². The lowest BCUT2D eigenvalue weighted by atomic mass is 9.97. The predicted octanol–water partition coefficient (Wildman–Crippen LogP) is 4.80. The lowest BCUT2D eigenvalue weighted by Gasteiger charge is -2.14. The number of carbonyl (C=O) groups is 1. The molecule has 1 unspecified atom stereocenters. The Morgan fingerprint density at radius 3 is 2.85 bits per heavy atom. The molecule has 0 saturated carbocycles. The largest absolute Gasteiger partial charge is 0.355 e. The monoisotopic (exact) mass is 383 g/mol. The molecule has 0 radical (unpaired) electrons. The zero-order chi connectivity index (χ0) is 19.1. The Bertz CT molecular complexity index is 782. The number of H-pyrrole nitrogens is 1. The number of amides is 1. The average Bonchev–Trinajstić information content (AvgIpc) is 3.02. The van der Waals surface area contributed by atoms with Gasteiger partial charge in [0, 0.05) is 18.7 Å². The van der Waals surface area contributed by atoms with Gasteiger partial charge in [0.2, 0.25) is 5.91 Å². The molecule has 0 bridgehead atoms. The number of rotatable bonds is 8. The number of allylic oxidation sites excluding steroid dienone is 1. The van der Waals surface area contributed by atoms with E-state index in [9.17, 15) is 4.79 Å². The van der Waals surface area contributed by atoms with E-state index in [-0.39, 0.29) is 11.2 Å². The Labute approximate surface area is 166 Å². The average molecular weight is 384 g/mol. The van der Waals surface area contributed by atoms with Crippen molar-refractivity contribution in [3.05, 3.63) is 58.9 Å². The molecule has 0 spiro atoms. The number of aromatic nitrogens is 2. The third-order valence-corrected chi connectivity index (χ3v) is 5.95. The summed E-state index contributed by atoms with van der Waals surface area (Å²) in [6.07, 6.45) is 9.10. The van der Waals surface area contributed by atoms with Gasteiger partial charge in [-0.1, -0.05) is 53.7 Å². The summed E-state index contributed by atoms with van der Waals surface area (Å²) in [5.74, 6) is 0.0788. The van der Waals surface area contributed by atoms with Crippen molar-refractivity contribution in [2.24, 2.45) is 0 Å². The maximum atomic E-state index is 12.4.